The first-order valence-electron chi connectivity index (χ1n) is 8.54. The van der Waals surface area contributed by atoms with Gasteiger partial charge in [0.2, 0.25) is 11.7 Å². The molecular weight excluding hydrogens is 384 g/mol. The highest BCUT2D eigenvalue weighted by atomic mass is 35.5. The highest BCUT2D eigenvalue weighted by Gasteiger charge is 2.28. The van der Waals surface area contributed by atoms with Gasteiger partial charge in [-0.25, -0.2) is 4.98 Å². The van der Waals surface area contributed by atoms with Crippen LogP contribution in [0.5, 0.6) is 0 Å². The van der Waals surface area contributed by atoms with E-state index in [1.54, 1.807) is 29.2 Å². The molecule has 1 aliphatic rings. The molecule has 1 aromatic carbocycles. The van der Waals surface area contributed by atoms with Crippen LogP contribution in [-0.2, 0) is 4.79 Å². The van der Waals surface area contributed by atoms with Crippen molar-refractivity contribution in [2.75, 3.05) is 42.9 Å². The molecule has 2 heterocycles. The predicted molar refractivity (Wildman–Crippen MR) is 104 cm³/mol. The molecule has 0 spiro atoms. The Morgan fingerprint density at radius 2 is 1.93 bits per heavy atom. The quantitative estimate of drug-likeness (QED) is 0.604. The smallest absolute Gasteiger partial charge is 0.329 e. The van der Waals surface area contributed by atoms with Gasteiger partial charge in [0.25, 0.3) is 0 Å². The third-order valence-electron chi connectivity index (χ3n) is 4.37. The molecule has 1 amide bonds. The molecule has 3 rings (SSSR count). The molecule has 1 N–H and O–H groups in total. The first-order chi connectivity index (χ1) is 13.5. The molecular formula is C18H17ClN6O3. The number of pyridine rings is 1. The van der Waals surface area contributed by atoms with E-state index < -0.39 is 4.92 Å². The normalized spacial score (nSPS) is 14.4. The van der Waals surface area contributed by atoms with E-state index in [2.05, 4.69) is 10.3 Å². The molecule has 1 saturated heterocycles. The van der Waals surface area contributed by atoms with Gasteiger partial charge >= 0.3 is 5.69 Å². The third-order valence-corrected chi connectivity index (χ3v) is 4.63. The van der Waals surface area contributed by atoms with Crippen molar-refractivity contribution in [2.45, 2.75) is 0 Å². The molecule has 0 bridgehead atoms. The minimum absolute atomic E-state index is 0.0141. The number of halogens is 1. The maximum Gasteiger partial charge on any atom is 0.329 e. The van der Waals surface area contributed by atoms with Gasteiger partial charge in [-0.3, -0.25) is 19.8 Å². The number of nitrogens with zero attached hydrogens (tertiary/aromatic N) is 5. The van der Waals surface area contributed by atoms with Crippen molar-refractivity contribution in [1.82, 2.24) is 9.88 Å². The molecule has 0 radical (unpaired) electrons. The zero-order chi connectivity index (χ0) is 20.1. The van der Waals surface area contributed by atoms with E-state index in [-0.39, 0.29) is 29.5 Å². The maximum absolute atomic E-state index is 12.2. The largest absolute Gasteiger partial charge is 0.348 e. The van der Waals surface area contributed by atoms with Crippen molar-refractivity contribution in [3.05, 3.63) is 57.2 Å². The molecule has 1 aliphatic heterocycles. The van der Waals surface area contributed by atoms with Gasteiger partial charge in [-0.15, -0.1) is 0 Å². The van der Waals surface area contributed by atoms with Gasteiger partial charge in [-0.2, -0.15) is 5.26 Å². The van der Waals surface area contributed by atoms with Crippen molar-refractivity contribution in [3.8, 4) is 6.07 Å². The van der Waals surface area contributed by atoms with Crippen LogP contribution >= 0.6 is 11.6 Å². The molecule has 9 nitrogen and oxygen atoms in total. The van der Waals surface area contributed by atoms with Gasteiger partial charge in [-0.05, 0) is 30.3 Å². The summed E-state index contributed by atoms with van der Waals surface area (Å²) in [5, 5.41) is 23.9. The molecule has 0 atom stereocenters. The second-order valence-corrected chi connectivity index (χ2v) is 6.65. The van der Waals surface area contributed by atoms with Gasteiger partial charge < -0.3 is 10.2 Å². The van der Waals surface area contributed by atoms with Crippen molar-refractivity contribution in [1.29, 1.82) is 5.26 Å². The first-order valence-corrected chi connectivity index (χ1v) is 8.92. The van der Waals surface area contributed by atoms with Gasteiger partial charge in [0.05, 0.1) is 11.5 Å². The summed E-state index contributed by atoms with van der Waals surface area (Å²) < 4.78 is 0. The minimum Gasteiger partial charge on any atom is -0.348 e. The van der Waals surface area contributed by atoms with Crippen LogP contribution in [0.1, 0.15) is 5.56 Å². The second-order valence-electron chi connectivity index (χ2n) is 6.22. The summed E-state index contributed by atoms with van der Waals surface area (Å²) in [6.07, 6.45) is 1.40. The topological polar surface area (TPSA) is 115 Å². The van der Waals surface area contributed by atoms with Gasteiger partial charge in [0.1, 0.15) is 11.6 Å². The SMILES string of the molecule is N#Cc1ccnc(N2CCN(CC(=O)Nc3ccc(Cl)cc3)CC2)c1[N+](=O)[O-]. The number of hydrogen-bond acceptors (Lipinski definition) is 7. The highest BCUT2D eigenvalue weighted by Crippen LogP contribution is 2.29. The molecule has 10 heteroatoms. The Hall–Kier alpha value is -3.22. The number of rotatable bonds is 5. The van der Waals surface area contributed by atoms with Crippen molar-refractivity contribution < 1.29 is 9.72 Å². The van der Waals surface area contributed by atoms with Gasteiger partial charge in [-0.1, -0.05) is 11.6 Å². The van der Waals surface area contributed by atoms with Crippen LogP contribution in [-0.4, -0.2) is 53.4 Å². The number of amides is 1. The number of nitriles is 1. The zero-order valence-electron chi connectivity index (χ0n) is 14.8. The van der Waals surface area contributed by atoms with Gasteiger partial charge in [0.15, 0.2) is 0 Å². The maximum atomic E-state index is 12.2. The number of nitro groups is 1. The zero-order valence-corrected chi connectivity index (χ0v) is 15.6. The van der Waals surface area contributed by atoms with Crippen molar-refractivity contribution in [2.24, 2.45) is 0 Å². The fourth-order valence-corrected chi connectivity index (χ4v) is 3.13. The predicted octanol–water partition coefficient (Wildman–Crippen LogP) is 2.28. The number of piperazine rings is 1. The second kappa shape index (κ2) is 8.65. The summed E-state index contributed by atoms with van der Waals surface area (Å²) in [6, 6.07) is 10.0. The first kappa shape index (κ1) is 19.5. The van der Waals surface area contributed by atoms with Crippen LogP contribution in [0.3, 0.4) is 0 Å². The number of benzene rings is 1. The van der Waals surface area contributed by atoms with Crippen LogP contribution in [0.25, 0.3) is 0 Å². The monoisotopic (exact) mass is 400 g/mol. The number of anilines is 2. The van der Waals surface area contributed by atoms with E-state index in [1.807, 2.05) is 11.0 Å². The average Bonchev–Trinajstić information content (AvgIpc) is 2.69. The van der Waals surface area contributed by atoms with E-state index in [9.17, 15) is 14.9 Å². The lowest BCUT2D eigenvalue weighted by molar-refractivity contribution is -0.384. The molecule has 144 valence electrons. The number of hydrogen-bond donors (Lipinski definition) is 1. The van der Waals surface area contributed by atoms with Gasteiger partial charge in [0, 0.05) is 43.1 Å². The summed E-state index contributed by atoms with van der Waals surface area (Å²) in [7, 11) is 0. The number of nitrogens with one attached hydrogen (secondary N) is 1. The van der Waals surface area contributed by atoms with E-state index >= 15 is 0 Å². The molecule has 0 saturated carbocycles. The standard InChI is InChI=1S/C18H17ClN6O3/c19-14-1-3-15(4-2-14)22-16(26)12-23-7-9-24(10-8-23)18-17(25(27)28)13(11-20)5-6-21-18/h1-6H,7-10,12H2,(H,22,26). The lowest BCUT2D eigenvalue weighted by atomic mass is 10.2. The lowest BCUT2D eigenvalue weighted by Crippen LogP contribution is -2.49. The molecule has 2 aromatic rings. The van der Waals surface area contributed by atoms with E-state index in [0.29, 0.717) is 36.9 Å². The van der Waals surface area contributed by atoms with Crippen molar-refractivity contribution >= 4 is 34.7 Å². The fraction of sp³-hybridized carbons (Fsp3) is 0.278. The Morgan fingerprint density at radius 3 is 2.54 bits per heavy atom. The number of carbonyl (C=O) groups excluding carboxylic acids is 1. The Labute approximate surface area is 166 Å². The Bertz CT molecular complexity index is 920. The average molecular weight is 401 g/mol. The van der Waals surface area contributed by atoms with E-state index in [0.717, 1.165) is 0 Å². The summed E-state index contributed by atoms with van der Waals surface area (Å²) in [5.74, 6) is 0.0423. The number of aromatic nitrogens is 1. The van der Waals surface area contributed by atoms with Crippen LogP contribution < -0.4 is 10.2 Å². The summed E-state index contributed by atoms with van der Waals surface area (Å²) in [6.45, 7) is 2.24. The highest BCUT2D eigenvalue weighted by molar-refractivity contribution is 6.30. The molecule has 28 heavy (non-hydrogen) atoms. The Morgan fingerprint density at radius 1 is 1.25 bits per heavy atom. The number of carbonyl (C=O) groups is 1. The lowest BCUT2D eigenvalue weighted by Gasteiger charge is -2.34. The fourth-order valence-electron chi connectivity index (χ4n) is 3.00. The summed E-state index contributed by atoms with van der Waals surface area (Å²) in [5.41, 5.74) is 0.375. The van der Waals surface area contributed by atoms with E-state index in [4.69, 9.17) is 16.9 Å². The molecule has 0 aliphatic carbocycles. The van der Waals surface area contributed by atoms with Crippen LogP contribution in [0.2, 0.25) is 5.02 Å². The summed E-state index contributed by atoms with van der Waals surface area (Å²) in [4.78, 5) is 30.8. The van der Waals surface area contributed by atoms with Crippen molar-refractivity contribution in [3.63, 3.8) is 0 Å². The van der Waals surface area contributed by atoms with E-state index in [1.165, 1.54) is 12.3 Å². The third kappa shape index (κ3) is 4.54. The Kier molecular flexibility index (Phi) is 6.03. The van der Waals surface area contributed by atoms with Crippen LogP contribution in [0.4, 0.5) is 17.2 Å². The van der Waals surface area contributed by atoms with Crippen LogP contribution in [0, 0.1) is 21.4 Å². The molecule has 1 fully saturated rings. The minimum atomic E-state index is -0.577. The van der Waals surface area contributed by atoms with Crippen LogP contribution in [0.15, 0.2) is 36.5 Å². The molecule has 1 aromatic heterocycles. The molecule has 0 unspecified atom stereocenters. The Balaban J connectivity index is 1.59. The summed E-state index contributed by atoms with van der Waals surface area (Å²) >= 11 is 5.83.